The van der Waals surface area contributed by atoms with Gasteiger partial charge in [-0.25, -0.2) is 4.98 Å². The largest absolute Gasteiger partial charge is 0.497 e. The maximum atomic E-state index is 13.0. The van der Waals surface area contributed by atoms with Crippen LogP contribution in [0.1, 0.15) is 49.5 Å². The highest BCUT2D eigenvalue weighted by Crippen LogP contribution is 2.49. The number of nitrogens with one attached hydrogen (secondary N) is 1. The molecule has 0 aliphatic heterocycles. The Morgan fingerprint density at radius 1 is 1.21 bits per heavy atom. The van der Waals surface area contributed by atoms with Crippen molar-refractivity contribution < 1.29 is 14.3 Å². The molecule has 6 heteroatoms. The van der Waals surface area contributed by atoms with Crippen molar-refractivity contribution in [3.05, 3.63) is 42.0 Å². The minimum Gasteiger partial charge on any atom is -0.497 e. The van der Waals surface area contributed by atoms with E-state index in [1.54, 1.807) is 20.4 Å². The van der Waals surface area contributed by atoms with Crippen LogP contribution in [0.5, 0.6) is 11.5 Å². The van der Waals surface area contributed by atoms with E-state index >= 15 is 0 Å². The van der Waals surface area contributed by atoms with Crippen LogP contribution in [0.25, 0.3) is 0 Å². The van der Waals surface area contributed by atoms with Crippen LogP contribution in [0.3, 0.4) is 0 Å². The molecule has 1 amide bonds. The first-order valence-corrected chi connectivity index (χ1v) is 10.1. The molecule has 28 heavy (non-hydrogen) atoms. The number of carbonyl (C=O) groups is 1. The number of rotatable bonds is 7. The van der Waals surface area contributed by atoms with E-state index in [2.05, 4.69) is 10.3 Å². The molecule has 2 aliphatic rings. The third-order valence-electron chi connectivity index (χ3n) is 6.46. The van der Waals surface area contributed by atoms with E-state index < -0.39 is 0 Å². The van der Waals surface area contributed by atoms with E-state index in [0.29, 0.717) is 23.8 Å². The molecule has 2 aromatic rings. The molecule has 150 valence electrons. The molecule has 1 aromatic heterocycles. The molecular weight excluding hydrogens is 354 g/mol. The number of imidazole rings is 1. The summed E-state index contributed by atoms with van der Waals surface area (Å²) in [5.74, 6) is 4.37. The lowest BCUT2D eigenvalue weighted by molar-refractivity contribution is -0.123. The number of nitrogens with zero attached hydrogens (tertiary/aromatic N) is 2. The number of benzene rings is 1. The number of fused-ring (bicyclic) bond motifs is 2. The maximum absolute atomic E-state index is 13.0. The number of carbonyl (C=O) groups excluding carboxylic acids is 1. The topological polar surface area (TPSA) is 65.4 Å². The Balaban J connectivity index is 1.58. The summed E-state index contributed by atoms with van der Waals surface area (Å²) in [6.07, 6.45) is 9.40. The Bertz CT molecular complexity index is 825. The summed E-state index contributed by atoms with van der Waals surface area (Å²) in [6.45, 7) is 0. The molecule has 4 rings (SSSR count). The van der Waals surface area contributed by atoms with Crippen LogP contribution in [0.15, 0.2) is 30.6 Å². The van der Waals surface area contributed by atoms with Gasteiger partial charge in [-0.3, -0.25) is 4.79 Å². The summed E-state index contributed by atoms with van der Waals surface area (Å²) >= 11 is 0. The normalized spacial score (nSPS) is 24.2. The average molecular weight is 383 g/mol. The molecular formula is C22H29N3O3. The van der Waals surface area contributed by atoms with E-state index in [1.807, 2.05) is 36.0 Å². The van der Waals surface area contributed by atoms with Crippen molar-refractivity contribution in [3.63, 3.8) is 0 Å². The van der Waals surface area contributed by atoms with E-state index in [1.165, 1.54) is 25.7 Å². The SMILES string of the molecule is COc1cc(OC)cc([C@H](NC(=O)C[C@H]2C[C@H]3CC[C@H]2C3)c2nccn2C)c1. The van der Waals surface area contributed by atoms with Crippen LogP contribution >= 0.6 is 0 Å². The Hall–Kier alpha value is -2.50. The summed E-state index contributed by atoms with van der Waals surface area (Å²) in [5, 5.41) is 3.23. The van der Waals surface area contributed by atoms with Gasteiger partial charge in [-0.2, -0.15) is 0 Å². The first kappa shape index (κ1) is 18.8. The predicted octanol–water partition coefficient (Wildman–Crippen LogP) is 3.47. The highest BCUT2D eigenvalue weighted by atomic mass is 16.5. The Morgan fingerprint density at radius 2 is 1.96 bits per heavy atom. The summed E-state index contributed by atoms with van der Waals surface area (Å²) in [7, 11) is 5.19. The van der Waals surface area contributed by atoms with Crippen molar-refractivity contribution in [2.24, 2.45) is 24.8 Å². The second kappa shape index (κ2) is 7.86. The molecule has 1 heterocycles. The molecule has 2 bridgehead atoms. The standard InChI is InChI=1S/C22H29N3O3/c1-25-7-6-23-22(25)21(17-10-18(27-2)13-19(11-17)28-3)24-20(26)12-16-9-14-4-5-15(16)8-14/h6-7,10-11,13-16,21H,4-5,8-9,12H2,1-3H3,(H,24,26)/t14-,15-,16+,21-/m0/s1. The predicted molar refractivity (Wildman–Crippen MR) is 106 cm³/mol. The van der Waals surface area contributed by atoms with Gasteiger partial charge >= 0.3 is 0 Å². The smallest absolute Gasteiger partial charge is 0.221 e. The summed E-state index contributed by atoms with van der Waals surface area (Å²) < 4.78 is 12.8. The van der Waals surface area contributed by atoms with Gasteiger partial charge < -0.3 is 19.4 Å². The lowest BCUT2D eigenvalue weighted by Crippen LogP contribution is -2.33. The Morgan fingerprint density at radius 3 is 2.50 bits per heavy atom. The highest BCUT2D eigenvalue weighted by Gasteiger charge is 2.40. The zero-order valence-electron chi connectivity index (χ0n) is 16.9. The number of methoxy groups -OCH3 is 2. The molecule has 6 nitrogen and oxygen atoms in total. The van der Waals surface area contributed by atoms with Crippen molar-refractivity contribution in [2.75, 3.05) is 14.2 Å². The third kappa shape index (κ3) is 3.73. The fourth-order valence-corrected chi connectivity index (χ4v) is 5.03. The number of hydrogen-bond acceptors (Lipinski definition) is 4. The summed E-state index contributed by atoms with van der Waals surface area (Å²) in [4.78, 5) is 17.5. The van der Waals surface area contributed by atoms with Gasteiger partial charge in [0.05, 0.1) is 14.2 Å². The van der Waals surface area contributed by atoms with Crippen molar-refractivity contribution in [2.45, 2.75) is 38.1 Å². The fraction of sp³-hybridized carbons (Fsp3) is 0.545. The van der Waals surface area contributed by atoms with Crippen molar-refractivity contribution >= 4 is 5.91 Å². The molecule has 4 atom stereocenters. The third-order valence-corrected chi connectivity index (χ3v) is 6.46. The van der Waals surface area contributed by atoms with Crippen LogP contribution in [0.2, 0.25) is 0 Å². The van der Waals surface area contributed by atoms with Crippen molar-refractivity contribution in [1.82, 2.24) is 14.9 Å². The summed E-state index contributed by atoms with van der Waals surface area (Å²) in [5.41, 5.74) is 0.895. The van der Waals surface area contributed by atoms with Crippen LogP contribution in [-0.4, -0.2) is 29.7 Å². The molecule has 0 unspecified atom stereocenters. The van der Waals surface area contributed by atoms with Gasteiger partial charge in [-0.15, -0.1) is 0 Å². The van der Waals surface area contributed by atoms with Gasteiger partial charge in [0.15, 0.2) is 0 Å². The Kier molecular flexibility index (Phi) is 5.29. The van der Waals surface area contributed by atoms with Crippen LogP contribution in [0, 0.1) is 17.8 Å². The zero-order chi connectivity index (χ0) is 19.7. The lowest BCUT2D eigenvalue weighted by Gasteiger charge is -2.24. The van der Waals surface area contributed by atoms with Gasteiger partial charge in [0.2, 0.25) is 5.91 Å². The first-order chi connectivity index (χ1) is 13.6. The number of aromatic nitrogens is 2. The van der Waals surface area contributed by atoms with Gasteiger partial charge in [0.25, 0.3) is 0 Å². The molecule has 0 saturated heterocycles. The molecule has 1 N–H and O–H groups in total. The maximum Gasteiger partial charge on any atom is 0.221 e. The average Bonchev–Trinajstić information content (AvgIpc) is 3.43. The molecule has 1 aromatic carbocycles. The minimum atomic E-state index is -0.352. The summed E-state index contributed by atoms with van der Waals surface area (Å²) in [6, 6.07) is 5.34. The second-order valence-corrected chi connectivity index (χ2v) is 8.18. The van der Waals surface area contributed by atoms with Gasteiger partial charge in [-0.05, 0) is 54.7 Å². The quantitative estimate of drug-likeness (QED) is 0.795. The minimum absolute atomic E-state index is 0.0901. The number of amides is 1. The Labute approximate surface area is 166 Å². The van der Waals surface area contributed by atoms with Gasteiger partial charge in [0.1, 0.15) is 23.4 Å². The van der Waals surface area contributed by atoms with Crippen LogP contribution in [-0.2, 0) is 11.8 Å². The lowest BCUT2D eigenvalue weighted by atomic mass is 9.86. The first-order valence-electron chi connectivity index (χ1n) is 10.1. The highest BCUT2D eigenvalue weighted by molar-refractivity contribution is 5.77. The van der Waals surface area contributed by atoms with E-state index in [9.17, 15) is 4.79 Å². The van der Waals surface area contributed by atoms with E-state index in [4.69, 9.17) is 9.47 Å². The number of aryl methyl sites for hydroxylation is 1. The zero-order valence-corrected chi connectivity index (χ0v) is 16.9. The number of hydrogen-bond donors (Lipinski definition) is 1. The van der Waals surface area contributed by atoms with Crippen molar-refractivity contribution in [3.8, 4) is 11.5 Å². The number of ether oxygens (including phenoxy) is 2. The van der Waals surface area contributed by atoms with Gasteiger partial charge in [-0.1, -0.05) is 6.42 Å². The monoisotopic (exact) mass is 383 g/mol. The molecule has 0 spiro atoms. The van der Waals surface area contributed by atoms with E-state index in [0.717, 1.165) is 23.2 Å². The van der Waals surface area contributed by atoms with Crippen LogP contribution in [0.4, 0.5) is 0 Å². The van der Waals surface area contributed by atoms with E-state index in [-0.39, 0.29) is 11.9 Å². The van der Waals surface area contributed by atoms with Gasteiger partial charge in [0, 0.05) is 31.9 Å². The molecule has 0 radical (unpaired) electrons. The molecule has 2 fully saturated rings. The van der Waals surface area contributed by atoms with Crippen LogP contribution < -0.4 is 14.8 Å². The molecule has 2 aliphatic carbocycles. The molecule has 2 saturated carbocycles. The fourth-order valence-electron chi connectivity index (χ4n) is 5.03. The second-order valence-electron chi connectivity index (χ2n) is 8.18. The van der Waals surface area contributed by atoms with Crippen molar-refractivity contribution in [1.29, 1.82) is 0 Å².